The van der Waals surface area contributed by atoms with Crippen molar-refractivity contribution in [2.45, 2.75) is 57.3 Å². The largest absolute Gasteiger partial charge is 0.496 e. The summed E-state index contributed by atoms with van der Waals surface area (Å²) in [7, 11) is 6.69. The van der Waals surface area contributed by atoms with E-state index in [9.17, 15) is 29.1 Å². The predicted octanol–water partition coefficient (Wildman–Crippen LogP) is 3.15. The van der Waals surface area contributed by atoms with Crippen molar-refractivity contribution in [3.05, 3.63) is 82.0 Å². The summed E-state index contributed by atoms with van der Waals surface area (Å²) < 4.78 is 13.2. The van der Waals surface area contributed by atoms with E-state index in [1.807, 2.05) is 24.3 Å². The van der Waals surface area contributed by atoms with E-state index in [0.29, 0.717) is 41.0 Å². The number of anilines is 1. The lowest BCUT2D eigenvalue weighted by Crippen LogP contribution is -2.57. The molecule has 2 atom stereocenters. The summed E-state index contributed by atoms with van der Waals surface area (Å²) in [5, 5.41) is 14.1. The number of imide groups is 1. The Morgan fingerprint density at radius 3 is 2.43 bits per heavy atom. The van der Waals surface area contributed by atoms with E-state index >= 15 is 0 Å². The molecule has 2 aromatic carbocycles. The maximum atomic E-state index is 13.4. The molecule has 0 radical (unpaired) electrons. The first-order valence-electron chi connectivity index (χ1n) is 19.8. The van der Waals surface area contributed by atoms with Gasteiger partial charge in [-0.05, 0) is 79.6 Å². The van der Waals surface area contributed by atoms with Crippen LogP contribution in [-0.2, 0) is 23.2 Å². The third-order valence-corrected chi connectivity index (χ3v) is 12.3. The Kier molecular flexibility index (Phi) is 10.4. The fourth-order valence-corrected chi connectivity index (χ4v) is 9.22. The number of nitrogens with zero attached hydrogens (tertiary/aromatic N) is 6. The minimum absolute atomic E-state index is 0.0376. The molecule has 15 nitrogen and oxygen atoms in total. The quantitative estimate of drug-likeness (QED) is 0.160. The average molecular weight is 792 g/mol. The van der Waals surface area contributed by atoms with Gasteiger partial charge in [-0.15, -0.1) is 0 Å². The van der Waals surface area contributed by atoms with Gasteiger partial charge in [0.2, 0.25) is 11.8 Å². The lowest BCUT2D eigenvalue weighted by molar-refractivity contribution is -0.130. The average Bonchev–Trinajstić information content (AvgIpc) is 3.76. The Labute approximate surface area is 336 Å². The van der Waals surface area contributed by atoms with Gasteiger partial charge in [-0.2, -0.15) is 0 Å². The molecule has 1 spiro atoms. The lowest BCUT2D eigenvalue weighted by atomic mass is 9.79. The summed E-state index contributed by atoms with van der Waals surface area (Å²) in [5.41, 5.74) is 4.02. The van der Waals surface area contributed by atoms with Crippen LogP contribution in [0.5, 0.6) is 11.5 Å². The number of likely N-dealkylation sites (tertiary alicyclic amines) is 1. The molecule has 2 N–H and O–H groups in total. The van der Waals surface area contributed by atoms with Crippen LogP contribution in [-0.4, -0.2) is 119 Å². The second-order valence-corrected chi connectivity index (χ2v) is 16.2. The number of benzene rings is 2. The van der Waals surface area contributed by atoms with Gasteiger partial charge in [-0.3, -0.25) is 33.9 Å². The standard InChI is InChI=1S/C43H49N7O8/c1-46(22-33-35(57-3)17-26(18-36(33)58-4)32-21-47(2)40(54)31-20-44-14-12-28(31)32)38(52)7-5-6-15-48-23-43(24-48)13-16-49(25-43)27-8-9-29-30(19-27)42(56)50(41(29)55)34-10-11-37(51)45-39(34)53/h8-9,12,14,17-21,34,39,53H,5-7,10-11,13,15-16,22-25H2,1-4H3,(H,45,51). The molecule has 4 aromatic rings. The van der Waals surface area contributed by atoms with Crippen molar-refractivity contribution < 1.29 is 33.8 Å². The molecular weight excluding hydrogens is 743 g/mol. The summed E-state index contributed by atoms with van der Waals surface area (Å²) in [4.78, 5) is 76.0. The van der Waals surface area contributed by atoms with Crippen molar-refractivity contribution in [2.24, 2.45) is 12.5 Å². The first-order valence-corrected chi connectivity index (χ1v) is 19.8. The maximum absolute atomic E-state index is 13.4. The van der Waals surface area contributed by atoms with Crippen molar-refractivity contribution >= 4 is 40.1 Å². The molecule has 6 heterocycles. The summed E-state index contributed by atoms with van der Waals surface area (Å²) in [5.74, 6) is 0.0329. The van der Waals surface area contributed by atoms with E-state index in [-0.39, 0.29) is 35.6 Å². The van der Waals surface area contributed by atoms with Gasteiger partial charge >= 0.3 is 0 Å². The minimum Gasteiger partial charge on any atom is -0.496 e. The number of rotatable bonds is 12. The van der Waals surface area contributed by atoms with Crippen LogP contribution >= 0.6 is 0 Å². The van der Waals surface area contributed by atoms with E-state index in [2.05, 4.69) is 20.1 Å². The number of aliphatic hydroxyl groups is 1. The zero-order valence-corrected chi connectivity index (χ0v) is 33.3. The predicted molar refractivity (Wildman–Crippen MR) is 216 cm³/mol. The lowest BCUT2D eigenvalue weighted by Gasteiger charge is -2.48. The van der Waals surface area contributed by atoms with Crippen molar-refractivity contribution in [1.29, 1.82) is 0 Å². The number of methoxy groups -OCH3 is 2. The fourth-order valence-electron chi connectivity index (χ4n) is 9.22. The summed E-state index contributed by atoms with van der Waals surface area (Å²) in [6.45, 7) is 4.88. The Morgan fingerprint density at radius 1 is 0.966 bits per heavy atom. The second-order valence-electron chi connectivity index (χ2n) is 16.2. The molecule has 2 unspecified atom stereocenters. The van der Waals surface area contributed by atoms with Crippen LogP contribution in [0.2, 0.25) is 0 Å². The number of piperidine rings is 1. The van der Waals surface area contributed by atoms with Gasteiger partial charge < -0.3 is 39.2 Å². The number of hydrogen-bond acceptors (Lipinski definition) is 11. The van der Waals surface area contributed by atoms with Crippen molar-refractivity contribution in [2.75, 3.05) is 58.9 Å². The number of unbranched alkanes of at least 4 members (excludes halogenated alkanes) is 1. The normalized spacial score (nSPS) is 20.1. The summed E-state index contributed by atoms with van der Waals surface area (Å²) >= 11 is 0. The molecule has 15 heteroatoms. The van der Waals surface area contributed by atoms with Crippen LogP contribution in [0.4, 0.5) is 5.69 Å². The molecule has 0 saturated carbocycles. The smallest absolute Gasteiger partial charge is 0.262 e. The Balaban J connectivity index is 0.819. The molecular formula is C43H49N7O8. The van der Waals surface area contributed by atoms with E-state index in [1.165, 1.54) is 4.57 Å². The van der Waals surface area contributed by atoms with Gasteiger partial charge in [0.1, 0.15) is 17.7 Å². The number of pyridine rings is 2. The van der Waals surface area contributed by atoms with Crippen LogP contribution in [0.3, 0.4) is 0 Å². The summed E-state index contributed by atoms with van der Waals surface area (Å²) in [6, 6.07) is 10.3. The SMILES string of the molecule is COc1cc(-c2cn(C)c(=O)c3cnccc23)cc(OC)c1CN(C)C(=O)CCCCN1CC2(CCN(c3ccc4c(c3)C(=O)N(C3CCC(=O)NC3O)C4=O)C2)C1. The van der Waals surface area contributed by atoms with Crippen molar-refractivity contribution in [3.8, 4) is 22.6 Å². The molecule has 4 amide bonds. The molecule has 4 aliphatic heterocycles. The molecule has 58 heavy (non-hydrogen) atoms. The maximum Gasteiger partial charge on any atom is 0.262 e. The highest BCUT2D eigenvalue weighted by atomic mass is 16.5. The number of aromatic nitrogens is 2. The van der Waals surface area contributed by atoms with Crippen LogP contribution in [0.25, 0.3) is 21.9 Å². The minimum atomic E-state index is -1.28. The van der Waals surface area contributed by atoms with Crippen LogP contribution in [0.15, 0.2) is 59.8 Å². The van der Waals surface area contributed by atoms with Crippen molar-refractivity contribution in [3.63, 3.8) is 0 Å². The number of amides is 4. The highest BCUT2D eigenvalue weighted by Gasteiger charge is 2.48. The van der Waals surface area contributed by atoms with Gasteiger partial charge in [0.25, 0.3) is 17.4 Å². The Hall–Kier alpha value is -5.80. The van der Waals surface area contributed by atoms with Crippen LogP contribution in [0, 0.1) is 5.41 Å². The zero-order valence-electron chi connectivity index (χ0n) is 33.3. The Morgan fingerprint density at radius 2 is 1.71 bits per heavy atom. The zero-order chi connectivity index (χ0) is 40.9. The molecule has 4 aliphatic rings. The van der Waals surface area contributed by atoms with E-state index in [4.69, 9.17) is 9.47 Å². The second kappa shape index (κ2) is 15.5. The molecule has 0 bridgehead atoms. The first kappa shape index (κ1) is 39.0. The number of aryl methyl sites for hydroxylation is 1. The number of fused-ring (bicyclic) bond motifs is 2. The molecule has 3 fully saturated rings. The Bertz CT molecular complexity index is 2350. The van der Waals surface area contributed by atoms with E-state index in [0.717, 1.165) is 84.7 Å². The number of nitrogens with one attached hydrogen (secondary N) is 1. The van der Waals surface area contributed by atoms with Crippen LogP contribution in [0.1, 0.15) is 64.8 Å². The highest BCUT2D eigenvalue weighted by molar-refractivity contribution is 6.22. The molecule has 304 valence electrons. The highest BCUT2D eigenvalue weighted by Crippen LogP contribution is 2.42. The monoisotopic (exact) mass is 791 g/mol. The van der Waals surface area contributed by atoms with E-state index < -0.39 is 24.1 Å². The van der Waals surface area contributed by atoms with Gasteiger partial charge in [-0.25, -0.2) is 0 Å². The molecule has 0 aliphatic carbocycles. The van der Waals surface area contributed by atoms with Crippen molar-refractivity contribution in [1.82, 2.24) is 29.6 Å². The van der Waals surface area contributed by atoms with Gasteiger partial charge in [0, 0.05) is 88.4 Å². The van der Waals surface area contributed by atoms with Gasteiger partial charge in [-0.1, -0.05) is 0 Å². The topological polar surface area (TPSA) is 167 Å². The van der Waals surface area contributed by atoms with Gasteiger partial charge in [0.05, 0.1) is 48.9 Å². The van der Waals surface area contributed by atoms with Crippen LogP contribution < -0.4 is 25.2 Å². The first-order chi connectivity index (χ1) is 27.9. The number of aliphatic hydroxyl groups excluding tert-OH is 1. The molecule has 8 rings (SSSR count). The van der Waals surface area contributed by atoms with Gasteiger partial charge in [0.15, 0.2) is 0 Å². The number of carbonyl (C=O) groups excluding carboxylic acids is 4. The third kappa shape index (κ3) is 7.06. The molecule has 3 saturated heterocycles. The molecule has 2 aromatic heterocycles. The van der Waals surface area contributed by atoms with E-state index in [1.54, 1.807) is 63.9 Å². The number of hydrogen-bond donors (Lipinski definition) is 2. The number of carbonyl (C=O) groups is 4. The number of ether oxygens (including phenoxy) is 2. The third-order valence-electron chi connectivity index (χ3n) is 12.3. The fraction of sp³-hybridized carbons (Fsp3) is 0.442. The summed E-state index contributed by atoms with van der Waals surface area (Å²) in [6.07, 6.45) is 7.25.